The molecule has 0 spiro atoms. The second kappa shape index (κ2) is 10.1. The van der Waals surface area contributed by atoms with Crippen LogP contribution in [0.15, 0.2) is 0 Å². The van der Waals surface area contributed by atoms with E-state index in [0.717, 1.165) is 35.4 Å². The number of rotatable bonds is 11. The molecule has 0 bridgehead atoms. The molecule has 2 fully saturated rings. The van der Waals surface area contributed by atoms with Crippen molar-refractivity contribution in [1.82, 2.24) is 0 Å². The van der Waals surface area contributed by atoms with Crippen LogP contribution >= 0.6 is 0 Å². The average Bonchev–Trinajstić information content (AvgIpc) is 2.95. The van der Waals surface area contributed by atoms with Crippen LogP contribution in [0.25, 0.3) is 0 Å². The van der Waals surface area contributed by atoms with Gasteiger partial charge in [-0.15, -0.1) is 0 Å². The van der Waals surface area contributed by atoms with E-state index in [9.17, 15) is 0 Å². The number of hydrogen-bond donors (Lipinski definition) is 0. The summed E-state index contributed by atoms with van der Waals surface area (Å²) in [6.07, 6.45) is 18.1. The Morgan fingerprint density at radius 2 is 1.70 bits per heavy atom. The minimum atomic E-state index is 0.805. The Kier molecular flexibility index (Phi) is 8.55. The van der Waals surface area contributed by atoms with Crippen LogP contribution in [0.4, 0.5) is 0 Å². The molecule has 6 atom stereocenters. The Balaban J connectivity index is 1.57. The van der Waals surface area contributed by atoms with Crippen LogP contribution in [0, 0.1) is 29.6 Å². The second-order valence-corrected chi connectivity index (χ2v) is 9.25. The number of hydrogen-bond acceptors (Lipinski definition) is 0. The lowest BCUT2D eigenvalue weighted by atomic mass is 9.64. The molecule has 0 amide bonds. The Hall–Kier alpha value is 0.0649. The van der Waals surface area contributed by atoms with Crippen LogP contribution < -0.4 is 0 Å². The lowest BCUT2D eigenvalue weighted by Crippen LogP contribution is -2.27. The molecule has 2 saturated carbocycles. The van der Waals surface area contributed by atoms with E-state index >= 15 is 0 Å². The Morgan fingerprint density at radius 3 is 2.35 bits per heavy atom. The highest BCUT2D eigenvalue weighted by atomic mass is 14.4. The van der Waals surface area contributed by atoms with Gasteiger partial charge in [-0.1, -0.05) is 84.8 Å². The van der Waals surface area contributed by atoms with Crippen molar-refractivity contribution in [3.63, 3.8) is 0 Å². The molecule has 0 N–H and O–H groups in total. The molecule has 2 aliphatic rings. The normalized spacial score (nSPS) is 33.2. The van der Waals surface area contributed by atoms with Crippen LogP contribution in [-0.2, 0) is 0 Å². The van der Waals surface area contributed by atoms with Gasteiger partial charge in [0.25, 0.3) is 0 Å². The monoisotopic (exact) mass is 317 g/mol. The van der Waals surface area contributed by atoms with E-state index in [-0.39, 0.29) is 0 Å². The van der Waals surface area contributed by atoms with Crippen molar-refractivity contribution in [3.05, 3.63) is 0 Å². The van der Waals surface area contributed by atoms with E-state index in [1.54, 1.807) is 38.5 Å². The first-order valence-corrected chi connectivity index (χ1v) is 10.9. The first-order valence-electron chi connectivity index (χ1n) is 10.9. The van der Waals surface area contributed by atoms with Gasteiger partial charge in [-0.2, -0.15) is 0 Å². The van der Waals surface area contributed by atoms with Crippen molar-refractivity contribution in [3.8, 4) is 0 Å². The molecule has 1 radical (unpaired) electrons. The van der Waals surface area contributed by atoms with Gasteiger partial charge >= 0.3 is 0 Å². The molecule has 0 aromatic heterocycles. The van der Waals surface area contributed by atoms with Gasteiger partial charge in [0.15, 0.2) is 0 Å². The maximum absolute atomic E-state index is 2.46. The summed E-state index contributed by atoms with van der Waals surface area (Å²) in [6, 6.07) is 0. The maximum atomic E-state index is 2.46. The molecule has 0 saturated heterocycles. The Morgan fingerprint density at radius 1 is 0.957 bits per heavy atom. The zero-order valence-corrected chi connectivity index (χ0v) is 16.5. The lowest BCUT2D eigenvalue weighted by Gasteiger charge is -2.39. The van der Waals surface area contributed by atoms with Crippen molar-refractivity contribution in [1.29, 1.82) is 0 Å². The Bertz CT molecular complexity index is 313. The quantitative estimate of drug-likeness (QED) is 0.349. The third-order valence-corrected chi connectivity index (χ3v) is 7.17. The molecule has 23 heavy (non-hydrogen) atoms. The predicted octanol–water partition coefficient (Wildman–Crippen LogP) is 7.38. The third kappa shape index (κ3) is 6.47. The molecular formula is C22H42B. The molecule has 2 aliphatic carbocycles. The zero-order chi connectivity index (χ0) is 16.7. The van der Waals surface area contributed by atoms with Crippen molar-refractivity contribution in [2.24, 2.45) is 29.6 Å². The molecule has 0 nitrogen and oxygen atoms in total. The highest BCUT2D eigenvalue weighted by Gasteiger charge is 2.34. The summed E-state index contributed by atoms with van der Waals surface area (Å²) in [5, 5.41) is 0. The molecule has 2 unspecified atom stereocenters. The van der Waals surface area contributed by atoms with Crippen LogP contribution in [-0.4, -0.2) is 7.28 Å². The SMILES string of the molecule is C[B]C(C)C[C@@H](C)CCC[C@@H]1CCC1C[C@@H]1CC[C@H](CCC)C1. The molecule has 1 heteroatoms. The van der Waals surface area contributed by atoms with Gasteiger partial charge < -0.3 is 0 Å². The van der Waals surface area contributed by atoms with E-state index in [2.05, 4.69) is 34.9 Å². The fraction of sp³-hybridized carbons (Fsp3) is 1.00. The summed E-state index contributed by atoms with van der Waals surface area (Å²) in [5.74, 6) is 6.12. The highest BCUT2D eigenvalue weighted by Crippen LogP contribution is 2.46. The minimum absolute atomic E-state index is 0.805. The summed E-state index contributed by atoms with van der Waals surface area (Å²) in [4.78, 5) is 0. The smallest absolute Gasteiger partial charge is 0.0917 e. The zero-order valence-electron chi connectivity index (χ0n) is 16.5. The Labute approximate surface area is 147 Å². The largest absolute Gasteiger partial charge is 0.109 e. The minimum Gasteiger partial charge on any atom is -0.0917 e. The first-order chi connectivity index (χ1) is 11.1. The van der Waals surface area contributed by atoms with E-state index in [0.29, 0.717) is 0 Å². The predicted molar refractivity (Wildman–Crippen MR) is 105 cm³/mol. The van der Waals surface area contributed by atoms with Gasteiger partial charge in [0, 0.05) is 0 Å². The van der Waals surface area contributed by atoms with Crippen molar-refractivity contribution in [2.75, 3.05) is 0 Å². The molecular weight excluding hydrogens is 275 g/mol. The molecule has 0 aliphatic heterocycles. The van der Waals surface area contributed by atoms with Gasteiger partial charge in [-0.05, 0) is 55.3 Å². The van der Waals surface area contributed by atoms with E-state index in [1.165, 1.54) is 38.5 Å². The van der Waals surface area contributed by atoms with Crippen molar-refractivity contribution < 1.29 is 0 Å². The molecule has 2 rings (SSSR count). The average molecular weight is 317 g/mol. The van der Waals surface area contributed by atoms with Crippen molar-refractivity contribution in [2.45, 2.75) is 110 Å². The molecule has 0 heterocycles. The first kappa shape index (κ1) is 19.4. The van der Waals surface area contributed by atoms with Crippen LogP contribution in [0.1, 0.15) is 97.8 Å². The van der Waals surface area contributed by atoms with E-state index < -0.39 is 0 Å². The summed E-state index contributed by atoms with van der Waals surface area (Å²) >= 11 is 0. The lowest BCUT2D eigenvalue weighted by molar-refractivity contribution is 0.125. The van der Waals surface area contributed by atoms with Gasteiger partial charge in [-0.25, -0.2) is 0 Å². The summed E-state index contributed by atoms with van der Waals surface area (Å²) < 4.78 is 0. The summed E-state index contributed by atoms with van der Waals surface area (Å²) in [5.41, 5.74) is 0. The second-order valence-electron chi connectivity index (χ2n) is 9.25. The fourth-order valence-electron chi connectivity index (χ4n) is 5.44. The van der Waals surface area contributed by atoms with E-state index in [4.69, 9.17) is 0 Å². The topological polar surface area (TPSA) is 0 Å². The van der Waals surface area contributed by atoms with Crippen molar-refractivity contribution >= 4 is 7.28 Å². The van der Waals surface area contributed by atoms with E-state index in [1.807, 2.05) is 0 Å². The molecule has 0 aromatic rings. The summed E-state index contributed by atoms with van der Waals surface area (Å²) in [6.45, 7) is 9.40. The molecule has 0 aromatic carbocycles. The highest BCUT2D eigenvalue weighted by molar-refractivity contribution is 6.35. The molecule has 133 valence electrons. The fourth-order valence-corrected chi connectivity index (χ4v) is 5.44. The van der Waals surface area contributed by atoms with Gasteiger partial charge in [-0.3, -0.25) is 0 Å². The van der Waals surface area contributed by atoms with Gasteiger partial charge in [0.2, 0.25) is 0 Å². The van der Waals surface area contributed by atoms with Crippen LogP contribution in [0.3, 0.4) is 0 Å². The maximum Gasteiger partial charge on any atom is 0.109 e. The standard InChI is InChI=1S/C22H42B/c1-5-7-19-10-11-20(15-19)16-22-13-12-21(22)9-6-8-17(2)14-18(3)23-4/h17-22H,5-16H2,1-4H3/t17-,18?,19-,20+,21+,22?/m0/s1. The van der Waals surface area contributed by atoms with Crippen LogP contribution in [0.5, 0.6) is 0 Å². The van der Waals surface area contributed by atoms with Gasteiger partial charge in [0.1, 0.15) is 7.28 Å². The van der Waals surface area contributed by atoms with Gasteiger partial charge in [0.05, 0.1) is 0 Å². The van der Waals surface area contributed by atoms with Crippen LogP contribution in [0.2, 0.25) is 12.6 Å². The third-order valence-electron chi connectivity index (χ3n) is 7.17. The summed E-state index contributed by atoms with van der Waals surface area (Å²) in [7, 11) is 2.37.